The Kier molecular flexibility index (Phi) is 4.58. The highest BCUT2D eigenvalue weighted by atomic mass is 16.5. The van der Waals surface area contributed by atoms with Gasteiger partial charge in [-0.15, -0.1) is 0 Å². The van der Waals surface area contributed by atoms with Crippen molar-refractivity contribution in [2.75, 3.05) is 12.4 Å². The van der Waals surface area contributed by atoms with E-state index in [1.54, 1.807) is 7.11 Å². The molecule has 2 aromatic carbocycles. The number of pyridine rings is 1. The fraction of sp³-hybridized carbons (Fsp3) is 0.0909. The van der Waals surface area contributed by atoms with Crippen molar-refractivity contribution in [2.45, 2.75) is 6.42 Å². The van der Waals surface area contributed by atoms with E-state index in [4.69, 9.17) is 9.72 Å². The highest BCUT2D eigenvalue weighted by Gasteiger charge is 2.16. The van der Waals surface area contributed by atoms with Crippen LogP contribution in [0.3, 0.4) is 0 Å². The minimum absolute atomic E-state index is 0.105. The molecule has 27 heavy (non-hydrogen) atoms. The lowest BCUT2D eigenvalue weighted by Gasteiger charge is -2.09. The predicted octanol–water partition coefficient (Wildman–Crippen LogP) is 4.19. The largest absolute Gasteiger partial charge is 0.497 e. The van der Waals surface area contributed by atoms with Crippen molar-refractivity contribution < 1.29 is 9.53 Å². The lowest BCUT2D eigenvalue weighted by Crippen LogP contribution is -2.16. The average molecular weight is 357 g/mol. The van der Waals surface area contributed by atoms with Crippen LogP contribution in [0.2, 0.25) is 0 Å². The summed E-state index contributed by atoms with van der Waals surface area (Å²) in [4.78, 5) is 17.4. The van der Waals surface area contributed by atoms with E-state index in [2.05, 4.69) is 5.32 Å². The van der Waals surface area contributed by atoms with Crippen molar-refractivity contribution in [3.8, 4) is 17.0 Å². The van der Waals surface area contributed by atoms with Gasteiger partial charge in [-0.2, -0.15) is 0 Å². The van der Waals surface area contributed by atoms with E-state index in [1.165, 1.54) is 0 Å². The second-order valence-corrected chi connectivity index (χ2v) is 6.18. The summed E-state index contributed by atoms with van der Waals surface area (Å²) in [6, 6.07) is 23.1. The fourth-order valence-electron chi connectivity index (χ4n) is 3.06. The number of methoxy groups -OCH3 is 1. The third-order valence-electron chi connectivity index (χ3n) is 4.33. The number of hydrogen-bond acceptors (Lipinski definition) is 3. The summed E-state index contributed by atoms with van der Waals surface area (Å²) in [5, 5.41) is 3.04. The Labute approximate surface area is 157 Å². The Morgan fingerprint density at radius 2 is 1.85 bits per heavy atom. The normalized spacial score (nSPS) is 10.7. The first-order valence-electron chi connectivity index (χ1n) is 8.70. The third-order valence-corrected chi connectivity index (χ3v) is 4.33. The molecule has 0 unspecified atom stereocenters. The summed E-state index contributed by atoms with van der Waals surface area (Å²) in [5.41, 5.74) is 3.38. The molecule has 0 fully saturated rings. The zero-order valence-electron chi connectivity index (χ0n) is 14.9. The first-order valence-corrected chi connectivity index (χ1v) is 8.70. The van der Waals surface area contributed by atoms with E-state index in [0.717, 1.165) is 28.2 Å². The Hall–Kier alpha value is -3.60. The molecule has 0 spiro atoms. The number of aromatic nitrogens is 2. The quantitative estimate of drug-likeness (QED) is 0.583. The molecular formula is C22H19N3O2. The predicted molar refractivity (Wildman–Crippen MR) is 106 cm³/mol. The van der Waals surface area contributed by atoms with Gasteiger partial charge >= 0.3 is 0 Å². The van der Waals surface area contributed by atoms with Crippen LogP contribution in [-0.2, 0) is 11.2 Å². The van der Waals surface area contributed by atoms with E-state index < -0.39 is 0 Å². The number of ether oxygens (including phenoxy) is 1. The molecule has 0 atom stereocenters. The molecule has 1 amide bonds. The number of anilines is 1. The summed E-state index contributed by atoms with van der Waals surface area (Å²) in [7, 11) is 1.61. The van der Waals surface area contributed by atoms with Crippen molar-refractivity contribution in [2.24, 2.45) is 0 Å². The number of rotatable bonds is 5. The van der Waals surface area contributed by atoms with Crippen molar-refractivity contribution in [1.82, 2.24) is 9.38 Å². The van der Waals surface area contributed by atoms with E-state index in [1.807, 2.05) is 83.4 Å². The Bertz CT molecular complexity index is 1090. The van der Waals surface area contributed by atoms with Gasteiger partial charge in [-0.05, 0) is 29.8 Å². The van der Waals surface area contributed by atoms with E-state index in [-0.39, 0.29) is 12.3 Å². The zero-order valence-corrected chi connectivity index (χ0v) is 14.9. The number of nitrogens with zero attached hydrogens (tertiary/aromatic N) is 2. The van der Waals surface area contributed by atoms with Crippen LogP contribution in [0.4, 0.5) is 5.82 Å². The standard InChI is InChI=1S/C22H19N3O2/c1-27-18-11-7-8-16(14-18)15-20(26)24-22-21(17-9-3-2-4-10-17)23-19-12-5-6-13-25(19)22/h2-14H,15H2,1H3,(H,24,26). The number of carbonyl (C=O) groups excluding carboxylic acids is 1. The van der Waals surface area contributed by atoms with Gasteiger partial charge in [0.05, 0.1) is 13.5 Å². The molecule has 0 saturated carbocycles. The van der Waals surface area contributed by atoms with Gasteiger partial charge in [-0.1, -0.05) is 48.5 Å². The first-order chi connectivity index (χ1) is 13.2. The van der Waals surface area contributed by atoms with Gasteiger partial charge in [0.25, 0.3) is 0 Å². The Balaban J connectivity index is 1.67. The van der Waals surface area contributed by atoms with E-state index >= 15 is 0 Å². The third kappa shape index (κ3) is 3.53. The maximum Gasteiger partial charge on any atom is 0.229 e. The molecule has 1 N–H and O–H groups in total. The summed E-state index contributed by atoms with van der Waals surface area (Å²) in [6.07, 6.45) is 2.15. The molecular weight excluding hydrogens is 338 g/mol. The summed E-state index contributed by atoms with van der Waals surface area (Å²) in [6.45, 7) is 0. The summed E-state index contributed by atoms with van der Waals surface area (Å²) >= 11 is 0. The lowest BCUT2D eigenvalue weighted by molar-refractivity contribution is -0.115. The van der Waals surface area contributed by atoms with Crippen molar-refractivity contribution in [3.05, 3.63) is 84.6 Å². The number of carbonyl (C=O) groups is 1. The highest BCUT2D eigenvalue weighted by Crippen LogP contribution is 2.28. The first kappa shape index (κ1) is 16.8. The van der Waals surface area contributed by atoms with Crippen LogP contribution in [0, 0.1) is 0 Å². The van der Waals surface area contributed by atoms with Crippen LogP contribution in [0.5, 0.6) is 5.75 Å². The van der Waals surface area contributed by atoms with E-state index in [0.29, 0.717) is 5.82 Å². The fourth-order valence-corrected chi connectivity index (χ4v) is 3.06. The molecule has 5 heteroatoms. The molecule has 0 aliphatic carbocycles. The number of benzene rings is 2. The number of fused-ring (bicyclic) bond motifs is 1. The molecule has 0 radical (unpaired) electrons. The van der Waals surface area contributed by atoms with Gasteiger partial charge in [0, 0.05) is 11.8 Å². The maximum atomic E-state index is 12.7. The number of nitrogens with one attached hydrogen (secondary N) is 1. The molecule has 5 nitrogen and oxygen atoms in total. The van der Waals surface area contributed by atoms with Crippen LogP contribution < -0.4 is 10.1 Å². The maximum absolute atomic E-state index is 12.7. The van der Waals surface area contributed by atoms with Gasteiger partial charge in [0.1, 0.15) is 22.9 Å². The topological polar surface area (TPSA) is 55.6 Å². The molecule has 134 valence electrons. The molecule has 2 aromatic heterocycles. The molecule has 4 aromatic rings. The molecule has 0 aliphatic heterocycles. The highest BCUT2D eigenvalue weighted by molar-refractivity contribution is 5.95. The van der Waals surface area contributed by atoms with Crippen molar-refractivity contribution in [3.63, 3.8) is 0 Å². The summed E-state index contributed by atoms with van der Waals surface area (Å²) < 4.78 is 7.13. The van der Waals surface area contributed by atoms with Gasteiger partial charge in [-0.25, -0.2) is 4.98 Å². The second kappa shape index (κ2) is 7.33. The Morgan fingerprint density at radius 3 is 2.67 bits per heavy atom. The van der Waals surface area contributed by atoms with Gasteiger partial charge in [-0.3, -0.25) is 9.20 Å². The molecule has 0 saturated heterocycles. The van der Waals surface area contributed by atoms with Gasteiger partial charge in [0.2, 0.25) is 5.91 Å². The van der Waals surface area contributed by atoms with Crippen LogP contribution in [-0.4, -0.2) is 22.4 Å². The average Bonchev–Trinajstić information content (AvgIpc) is 3.07. The zero-order chi connectivity index (χ0) is 18.6. The summed E-state index contributed by atoms with van der Waals surface area (Å²) in [5.74, 6) is 1.30. The van der Waals surface area contributed by atoms with Crippen molar-refractivity contribution >= 4 is 17.4 Å². The Morgan fingerprint density at radius 1 is 1.04 bits per heavy atom. The molecule has 0 aliphatic rings. The number of imidazole rings is 1. The van der Waals surface area contributed by atoms with E-state index in [9.17, 15) is 4.79 Å². The molecule has 0 bridgehead atoms. The number of amides is 1. The lowest BCUT2D eigenvalue weighted by atomic mass is 10.1. The minimum Gasteiger partial charge on any atom is -0.497 e. The van der Waals surface area contributed by atoms with Gasteiger partial charge < -0.3 is 10.1 Å². The molecule has 2 heterocycles. The smallest absolute Gasteiger partial charge is 0.229 e. The monoisotopic (exact) mass is 357 g/mol. The molecule has 4 rings (SSSR count). The van der Waals surface area contributed by atoms with Crippen LogP contribution in [0.1, 0.15) is 5.56 Å². The minimum atomic E-state index is -0.105. The van der Waals surface area contributed by atoms with Crippen molar-refractivity contribution in [1.29, 1.82) is 0 Å². The second-order valence-electron chi connectivity index (χ2n) is 6.18. The van der Waals surface area contributed by atoms with Gasteiger partial charge in [0.15, 0.2) is 0 Å². The number of hydrogen-bond donors (Lipinski definition) is 1. The van der Waals surface area contributed by atoms with Crippen LogP contribution >= 0.6 is 0 Å². The van der Waals surface area contributed by atoms with Crippen LogP contribution in [0.15, 0.2) is 79.0 Å². The van der Waals surface area contributed by atoms with Crippen LogP contribution in [0.25, 0.3) is 16.9 Å². The SMILES string of the molecule is COc1cccc(CC(=O)Nc2c(-c3ccccc3)nc3ccccn23)c1.